The first-order valence-electron chi connectivity index (χ1n) is 6.02. The summed E-state index contributed by atoms with van der Waals surface area (Å²) in [5.41, 5.74) is 2.00. The lowest BCUT2D eigenvalue weighted by molar-refractivity contribution is 0.405. The summed E-state index contributed by atoms with van der Waals surface area (Å²) in [5.74, 6) is 0.782. The Morgan fingerprint density at radius 1 is 1.10 bits per heavy atom. The van der Waals surface area contributed by atoms with Gasteiger partial charge < -0.3 is 10.1 Å². The van der Waals surface area contributed by atoms with Gasteiger partial charge in [-0.3, -0.25) is 0 Å². The summed E-state index contributed by atoms with van der Waals surface area (Å²) in [6, 6.07) is 11.3. The van der Waals surface area contributed by atoms with Gasteiger partial charge in [-0.25, -0.2) is 0 Å². The molecule has 0 saturated heterocycles. The predicted octanol–water partition coefficient (Wildman–Crippen LogP) is 5.07. The third-order valence-electron chi connectivity index (χ3n) is 3.01. The Kier molecular flexibility index (Phi) is 5.33. The highest BCUT2D eigenvalue weighted by atomic mass is 79.9. The average Bonchev–Trinajstić information content (AvgIpc) is 2.39. The number of benzene rings is 2. The van der Waals surface area contributed by atoms with E-state index in [-0.39, 0.29) is 6.04 Å². The van der Waals surface area contributed by atoms with Gasteiger partial charge in [0.2, 0.25) is 0 Å². The molecule has 0 heterocycles. The van der Waals surface area contributed by atoms with Crippen LogP contribution in [0.15, 0.2) is 40.9 Å². The van der Waals surface area contributed by atoms with E-state index in [1.807, 2.05) is 43.4 Å². The minimum Gasteiger partial charge on any atom is -0.496 e. The van der Waals surface area contributed by atoms with Crippen molar-refractivity contribution in [1.82, 2.24) is 5.32 Å². The van der Waals surface area contributed by atoms with Crippen molar-refractivity contribution in [3.8, 4) is 5.75 Å². The van der Waals surface area contributed by atoms with Crippen molar-refractivity contribution >= 4 is 39.1 Å². The van der Waals surface area contributed by atoms with E-state index in [2.05, 4.69) is 21.2 Å². The first-order chi connectivity index (χ1) is 9.55. The fraction of sp³-hybridized carbons (Fsp3) is 0.200. The molecule has 0 aromatic heterocycles. The van der Waals surface area contributed by atoms with Crippen molar-refractivity contribution in [3.05, 3.63) is 62.0 Å². The molecule has 2 aromatic rings. The highest BCUT2D eigenvalue weighted by Gasteiger charge is 2.18. The molecule has 0 bridgehead atoms. The molecule has 0 aliphatic carbocycles. The van der Waals surface area contributed by atoms with E-state index in [1.165, 1.54) is 0 Å². The summed E-state index contributed by atoms with van der Waals surface area (Å²) in [5, 5.41) is 4.62. The fourth-order valence-electron chi connectivity index (χ4n) is 2.17. The SMILES string of the molecule is CNC(c1cc(Cl)cc(Br)c1)c1cc(Cl)ccc1OC. The Morgan fingerprint density at radius 2 is 1.85 bits per heavy atom. The van der Waals surface area contributed by atoms with E-state index in [1.54, 1.807) is 7.11 Å². The van der Waals surface area contributed by atoms with Crippen molar-refractivity contribution < 1.29 is 4.74 Å². The van der Waals surface area contributed by atoms with E-state index >= 15 is 0 Å². The van der Waals surface area contributed by atoms with Crippen LogP contribution in [0, 0.1) is 0 Å². The van der Waals surface area contributed by atoms with Crippen LogP contribution in [0.3, 0.4) is 0 Å². The van der Waals surface area contributed by atoms with Crippen molar-refractivity contribution in [2.24, 2.45) is 0 Å². The van der Waals surface area contributed by atoms with E-state index in [0.29, 0.717) is 10.0 Å². The summed E-state index contributed by atoms with van der Waals surface area (Å²) in [4.78, 5) is 0. The lowest BCUT2D eigenvalue weighted by Crippen LogP contribution is -2.18. The van der Waals surface area contributed by atoms with Gasteiger partial charge >= 0.3 is 0 Å². The molecule has 0 spiro atoms. The Labute approximate surface area is 137 Å². The number of nitrogens with one attached hydrogen (secondary N) is 1. The molecule has 5 heteroatoms. The van der Waals surface area contributed by atoms with Crippen molar-refractivity contribution in [1.29, 1.82) is 0 Å². The summed E-state index contributed by atoms with van der Waals surface area (Å²) < 4.78 is 6.35. The topological polar surface area (TPSA) is 21.3 Å². The van der Waals surface area contributed by atoms with Gasteiger partial charge in [-0.2, -0.15) is 0 Å². The molecule has 0 amide bonds. The lowest BCUT2D eigenvalue weighted by atomic mass is 9.98. The summed E-state index contributed by atoms with van der Waals surface area (Å²) in [6.45, 7) is 0. The van der Waals surface area contributed by atoms with Gasteiger partial charge in [0.15, 0.2) is 0 Å². The third-order valence-corrected chi connectivity index (χ3v) is 3.92. The van der Waals surface area contributed by atoms with Crippen LogP contribution in [0.4, 0.5) is 0 Å². The molecule has 2 rings (SSSR count). The molecule has 2 aromatic carbocycles. The number of hydrogen-bond donors (Lipinski definition) is 1. The molecule has 1 atom stereocenters. The molecule has 1 unspecified atom stereocenters. The molecular formula is C15H14BrCl2NO. The quantitative estimate of drug-likeness (QED) is 0.806. The maximum atomic E-state index is 6.13. The van der Waals surface area contributed by atoms with Crippen LogP contribution in [0.5, 0.6) is 5.75 Å². The Hall–Kier alpha value is -0.740. The van der Waals surface area contributed by atoms with Crippen molar-refractivity contribution in [2.75, 3.05) is 14.2 Å². The maximum Gasteiger partial charge on any atom is 0.124 e. The Bertz CT molecular complexity index is 599. The van der Waals surface area contributed by atoms with Crippen molar-refractivity contribution in [3.63, 3.8) is 0 Å². The monoisotopic (exact) mass is 373 g/mol. The minimum absolute atomic E-state index is 0.0568. The molecule has 2 nitrogen and oxygen atoms in total. The number of rotatable bonds is 4. The van der Waals surface area contributed by atoms with Crippen LogP contribution in [0.1, 0.15) is 17.2 Å². The molecule has 0 fully saturated rings. The van der Waals surface area contributed by atoms with Gasteiger partial charge in [-0.15, -0.1) is 0 Å². The summed E-state index contributed by atoms with van der Waals surface area (Å²) in [6.07, 6.45) is 0. The van der Waals surface area contributed by atoms with Gasteiger partial charge in [0.25, 0.3) is 0 Å². The zero-order chi connectivity index (χ0) is 14.7. The zero-order valence-electron chi connectivity index (χ0n) is 11.1. The van der Waals surface area contributed by atoms with E-state index in [0.717, 1.165) is 21.3 Å². The standard InChI is InChI=1S/C15H14BrCl2NO/c1-19-15(9-5-10(16)7-12(18)6-9)13-8-11(17)3-4-14(13)20-2/h3-8,15,19H,1-2H3. The maximum absolute atomic E-state index is 6.13. The van der Waals surface area contributed by atoms with Gasteiger partial charge in [-0.05, 0) is 49.0 Å². The number of methoxy groups -OCH3 is 1. The number of halogens is 3. The minimum atomic E-state index is -0.0568. The largest absolute Gasteiger partial charge is 0.496 e. The fourth-order valence-corrected chi connectivity index (χ4v) is 3.24. The van der Waals surface area contributed by atoms with E-state index in [4.69, 9.17) is 27.9 Å². The molecule has 0 radical (unpaired) electrons. The van der Waals surface area contributed by atoms with Gasteiger partial charge in [0.05, 0.1) is 13.2 Å². The smallest absolute Gasteiger partial charge is 0.124 e. The Balaban J connectivity index is 2.54. The van der Waals surface area contributed by atoms with Crippen LogP contribution >= 0.6 is 39.1 Å². The molecule has 106 valence electrons. The second-order valence-electron chi connectivity index (χ2n) is 4.31. The van der Waals surface area contributed by atoms with Gasteiger partial charge in [0, 0.05) is 20.1 Å². The van der Waals surface area contributed by atoms with E-state index < -0.39 is 0 Å². The lowest BCUT2D eigenvalue weighted by Gasteiger charge is -2.20. The van der Waals surface area contributed by atoms with Crippen LogP contribution < -0.4 is 10.1 Å². The van der Waals surface area contributed by atoms with Crippen LogP contribution in [-0.2, 0) is 0 Å². The zero-order valence-corrected chi connectivity index (χ0v) is 14.2. The number of ether oxygens (including phenoxy) is 1. The second-order valence-corrected chi connectivity index (χ2v) is 6.10. The number of hydrogen-bond acceptors (Lipinski definition) is 2. The highest BCUT2D eigenvalue weighted by molar-refractivity contribution is 9.10. The molecule has 0 saturated carbocycles. The predicted molar refractivity (Wildman–Crippen MR) is 88.1 cm³/mol. The second kappa shape index (κ2) is 6.81. The molecule has 0 aliphatic rings. The van der Waals surface area contributed by atoms with Crippen LogP contribution in [0.2, 0.25) is 10.0 Å². The summed E-state index contributed by atoms with van der Waals surface area (Å²) in [7, 11) is 3.53. The van der Waals surface area contributed by atoms with Gasteiger partial charge in [0.1, 0.15) is 5.75 Å². The highest BCUT2D eigenvalue weighted by Crippen LogP contribution is 2.34. The molecule has 1 N–H and O–H groups in total. The normalized spacial score (nSPS) is 12.2. The first kappa shape index (κ1) is 15.6. The van der Waals surface area contributed by atoms with Crippen LogP contribution in [0.25, 0.3) is 0 Å². The first-order valence-corrected chi connectivity index (χ1v) is 7.56. The third kappa shape index (κ3) is 3.47. The molecule has 0 aliphatic heterocycles. The Morgan fingerprint density at radius 3 is 2.45 bits per heavy atom. The summed E-state index contributed by atoms with van der Waals surface area (Å²) >= 11 is 15.7. The average molecular weight is 375 g/mol. The molecule has 20 heavy (non-hydrogen) atoms. The van der Waals surface area contributed by atoms with E-state index in [9.17, 15) is 0 Å². The van der Waals surface area contributed by atoms with Gasteiger partial charge in [-0.1, -0.05) is 39.1 Å². The van der Waals surface area contributed by atoms with Crippen LogP contribution in [-0.4, -0.2) is 14.2 Å². The molecular weight excluding hydrogens is 361 g/mol. The van der Waals surface area contributed by atoms with Crippen molar-refractivity contribution in [2.45, 2.75) is 6.04 Å².